The Bertz CT molecular complexity index is 1180. The highest BCUT2D eigenvalue weighted by Gasteiger charge is 2.27. The maximum Gasteiger partial charge on any atom is 0.277 e. The quantitative estimate of drug-likeness (QED) is 0.483. The molecule has 1 saturated heterocycles. The number of hydrogen-bond donors (Lipinski definition) is 0. The van der Waals surface area contributed by atoms with Crippen LogP contribution in [0.1, 0.15) is 5.56 Å². The number of thioether (sulfide) groups is 1. The number of carbonyl (C=O) groups excluding carboxylic acids is 1. The lowest BCUT2D eigenvalue weighted by Crippen LogP contribution is -2.50. The molecule has 1 aromatic carbocycles. The van der Waals surface area contributed by atoms with Gasteiger partial charge in [-0.1, -0.05) is 42.1 Å². The van der Waals surface area contributed by atoms with Crippen molar-refractivity contribution < 1.29 is 17.6 Å². The summed E-state index contributed by atoms with van der Waals surface area (Å²) >= 11 is 1.15. The van der Waals surface area contributed by atoms with Crippen molar-refractivity contribution in [3.8, 4) is 11.5 Å². The normalized spacial score (nSPS) is 15.3. The first-order chi connectivity index (χ1) is 15.5. The first-order valence-electron chi connectivity index (χ1n) is 9.89. The molecular formula is C21H21N5O4S2. The second kappa shape index (κ2) is 10.1. The van der Waals surface area contributed by atoms with Crippen molar-refractivity contribution in [2.45, 2.75) is 5.22 Å². The summed E-state index contributed by atoms with van der Waals surface area (Å²) in [7, 11) is -3.54. The monoisotopic (exact) mass is 471 g/mol. The van der Waals surface area contributed by atoms with Gasteiger partial charge in [-0.15, -0.1) is 10.2 Å². The van der Waals surface area contributed by atoms with E-state index in [1.165, 1.54) is 9.71 Å². The molecule has 4 rings (SSSR count). The van der Waals surface area contributed by atoms with Gasteiger partial charge in [0, 0.05) is 44.0 Å². The maximum absolute atomic E-state index is 12.6. The summed E-state index contributed by atoms with van der Waals surface area (Å²) in [5.41, 5.74) is 1.52. The molecule has 0 aliphatic carbocycles. The van der Waals surface area contributed by atoms with Gasteiger partial charge in [-0.25, -0.2) is 8.42 Å². The second-order valence-electron chi connectivity index (χ2n) is 6.94. The zero-order chi connectivity index (χ0) is 22.4. The van der Waals surface area contributed by atoms with Crippen molar-refractivity contribution in [3.63, 3.8) is 0 Å². The highest BCUT2D eigenvalue weighted by atomic mass is 32.2. The average Bonchev–Trinajstić information content (AvgIpc) is 3.32. The molecule has 32 heavy (non-hydrogen) atoms. The second-order valence-corrected chi connectivity index (χ2v) is 9.69. The number of rotatable bonds is 7. The molecule has 11 heteroatoms. The van der Waals surface area contributed by atoms with Crippen molar-refractivity contribution in [3.05, 3.63) is 65.8 Å². The molecule has 0 N–H and O–H groups in total. The minimum absolute atomic E-state index is 0.104. The van der Waals surface area contributed by atoms with Gasteiger partial charge in [0.15, 0.2) is 0 Å². The van der Waals surface area contributed by atoms with Crippen molar-refractivity contribution in [1.29, 1.82) is 0 Å². The van der Waals surface area contributed by atoms with Gasteiger partial charge in [0.25, 0.3) is 5.22 Å². The molecular weight excluding hydrogens is 450 g/mol. The lowest BCUT2D eigenvalue weighted by Gasteiger charge is -2.33. The fourth-order valence-electron chi connectivity index (χ4n) is 3.10. The molecule has 2 aromatic heterocycles. The first kappa shape index (κ1) is 22.2. The molecule has 9 nitrogen and oxygen atoms in total. The van der Waals surface area contributed by atoms with E-state index in [0.717, 1.165) is 17.3 Å². The Morgan fingerprint density at radius 2 is 1.84 bits per heavy atom. The van der Waals surface area contributed by atoms with Gasteiger partial charge >= 0.3 is 0 Å². The summed E-state index contributed by atoms with van der Waals surface area (Å²) in [5.74, 6) is 0.374. The molecule has 0 radical (unpaired) electrons. The molecule has 0 saturated carbocycles. The summed E-state index contributed by atoms with van der Waals surface area (Å²) in [6, 6.07) is 12.8. The molecule has 1 aliphatic heterocycles. The number of hydrogen-bond acceptors (Lipinski definition) is 8. The van der Waals surface area contributed by atoms with Crippen LogP contribution in [0.3, 0.4) is 0 Å². The third-order valence-corrected chi connectivity index (χ3v) is 7.19. The fraction of sp³-hybridized carbons (Fsp3) is 0.238. The van der Waals surface area contributed by atoms with Crippen LogP contribution < -0.4 is 0 Å². The smallest absolute Gasteiger partial charge is 0.277 e. The van der Waals surface area contributed by atoms with Crippen LogP contribution in [0.4, 0.5) is 0 Å². The molecule has 0 bridgehead atoms. The zero-order valence-electron chi connectivity index (χ0n) is 17.1. The summed E-state index contributed by atoms with van der Waals surface area (Å²) in [6.45, 7) is 1.18. The Labute approximate surface area is 190 Å². The number of pyridine rings is 1. The van der Waals surface area contributed by atoms with Crippen LogP contribution >= 0.6 is 11.8 Å². The van der Waals surface area contributed by atoms with E-state index in [1.807, 2.05) is 36.4 Å². The fourth-order valence-corrected chi connectivity index (χ4v) is 4.93. The summed E-state index contributed by atoms with van der Waals surface area (Å²) in [6.07, 6.45) is 4.85. The topological polar surface area (TPSA) is 109 Å². The number of aromatic nitrogens is 3. The zero-order valence-corrected chi connectivity index (χ0v) is 18.7. The van der Waals surface area contributed by atoms with E-state index in [1.54, 1.807) is 29.4 Å². The van der Waals surface area contributed by atoms with E-state index in [2.05, 4.69) is 15.2 Å². The van der Waals surface area contributed by atoms with Gasteiger partial charge in [0.2, 0.25) is 21.8 Å². The van der Waals surface area contributed by atoms with Crippen LogP contribution in [0.15, 0.2) is 69.9 Å². The molecule has 1 fully saturated rings. The van der Waals surface area contributed by atoms with Gasteiger partial charge in [0.1, 0.15) is 0 Å². The number of nitrogens with zero attached hydrogens (tertiary/aromatic N) is 5. The first-order valence-corrected chi connectivity index (χ1v) is 12.4. The van der Waals surface area contributed by atoms with E-state index in [-0.39, 0.29) is 24.7 Å². The van der Waals surface area contributed by atoms with Crippen LogP contribution in [0.2, 0.25) is 0 Å². The summed E-state index contributed by atoms with van der Waals surface area (Å²) in [4.78, 5) is 18.2. The SMILES string of the molecule is O=C(CSc1nnc(-c2cccnc2)o1)N1CCN(S(=O)(=O)/C=C/c2ccccc2)CC1. The van der Waals surface area contributed by atoms with Crippen LogP contribution in [0, 0.1) is 0 Å². The van der Waals surface area contributed by atoms with Crippen molar-refractivity contribution in [2.75, 3.05) is 31.9 Å². The Morgan fingerprint density at radius 1 is 1.06 bits per heavy atom. The van der Waals surface area contributed by atoms with E-state index in [4.69, 9.17) is 4.42 Å². The number of amides is 1. The number of piperazine rings is 1. The van der Waals surface area contributed by atoms with Crippen LogP contribution in [0.25, 0.3) is 17.5 Å². The van der Waals surface area contributed by atoms with E-state index >= 15 is 0 Å². The Hall–Kier alpha value is -3.02. The van der Waals surface area contributed by atoms with Gasteiger partial charge in [-0.3, -0.25) is 9.78 Å². The van der Waals surface area contributed by atoms with E-state index in [9.17, 15) is 13.2 Å². The van der Waals surface area contributed by atoms with Crippen molar-refractivity contribution in [1.82, 2.24) is 24.4 Å². The molecule has 3 aromatic rings. The van der Waals surface area contributed by atoms with Crippen LogP contribution in [0.5, 0.6) is 0 Å². The lowest BCUT2D eigenvalue weighted by atomic mass is 10.2. The molecule has 1 amide bonds. The van der Waals surface area contributed by atoms with Crippen LogP contribution in [-0.4, -0.2) is 70.6 Å². The molecule has 1 aliphatic rings. The van der Waals surface area contributed by atoms with Gasteiger partial charge in [0.05, 0.1) is 11.3 Å². The number of benzene rings is 1. The minimum atomic E-state index is -3.54. The van der Waals surface area contributed by atoms with E-state index < -0.39 is 10.0 Å². The highest BCUT2D eigenvalue weighted by molar-refractivity contribution is 7.99. The van der Waals surface area contributed by atoms with E-state index in [0.29, 0.717) is 29.8 Å². The minimum Gasteiger partial charge on any atom is -0.411 e. The Kier molecular flexibility index (Phi) is 6.98. The Morgan fingerprint density at radius 3 is 2.56 bits per heavy atom. The number of sulfonamides is 1. The molecule has 0 atom stereocenters. The van der Waals surface area contributed by atoms with Gasteiger partial charge < -0.3 is 9.32 Å². The predicted octanol–water partition coefficient (Wildman–Crippen LogP) is 2.37. The largest absolute Gasteiger partial charge is 0.411 e. The maximum atomic E-state index is 12.6. The number of carbonyl (C=O) groups is 1. The Balaban J connectivity index is 1.26. The third-order valence-electron chi connectivity index (χ3n) is 4.82. The summed E-state index contributed by atoms with van der Waals surface area (Å²) in [5, 5.41) is 9.43. The van der Waals surface area contributed by atoms with Gasteiger partial charge in [-0.05, 0) is 23.8 Å². The van der Waals surface area contributed by atoms with Crippen molar-refractivity contribution >= 4 is 33.8 Å². The highest BCUT2D eigenvalue weighted by Crippen LogP contribution is 2.23. The van der Waals surface area contributed by atoms with Gasteiger partial charge in [-0.2, -0.15) is 4.31 Å². The standard InChI is InChI=1S/C21H21N5O4S2/c27-19(16-31-21-24-23-20(30-21)18-7-4-9-22-15-18)25-10-12-26(13-11-25)32(28,29)14-8-17-5-2-1-3-6-17/h1-9,14-15H,10-13,16H2/b14-8+. The molecule has 3 heterocycles. The van der Waals surface area contributed by atoms with Crippen molar-refractivity contribution in [2.24, 2.45) is 0 Å². The van der Waals surface area contributed by atoms with Crippen LogP contribution in [-0.2, 0) is 14.8 Å². The molecule has 0 unspecified atom stereocenters. The average molecular weight is 472 g/mol. The molecule has 166 valence electrons. The predicted molar refractivity (Wildman–Crippen MR) is 121 cm³/mol. The molecule has 0 spiro atoms. The third kappa shape index (κ3) is 5.61. The lowest BCUT2D eigenvalue weighted by molar-refractivity contribution is -0.129. The summed E-state index contributed by atoms with van der Waals surface area (Å²) < 4.78 is 32.1.